The average Bonchev–Trinajstić information content (AvgIpc) is 2.54. The Balaban J connectivity index is 2.13. The van der Waals surface area contributed by atoms with Crippen molar-refractivity contribution in [3.63, 3.8) is 0 Å². The Morgan fingerprint density at radius 3 is 2.00 bits per heavy atom. The molecule has 0 amide bonds. The maximum absolute atomic E-state index is 12.5. The minimum atomic E-state index is -1.56. The fourth-order valence-electron chi connectivity index (χ4n) is 2.43. The van der Waals surface area contributed by atoms with Crippen molar-refractivity contribution >= 4 is 40.6 Å². The molecule has 0 heterocycles. The van der Waals surface area contributed by atoms with Gasteiger partial charge in [-0.15, -0.1) is 11.6 Å². The van der Waals surface area contributed by atoms with Crippen molar-refractivity contribution in [1.82, 2.24) is 0 Å². The van der Waals surface area contributed by atoms with Crippen LogP contribution in [0.5, 0.6) is 0 Å². The highest BCUT2D eigenvalue weighted by Crippen LogP contribution is 2.39. The van der Waals surface area contributed by atoms with Crippen LogP contribution in [0, 0.1) is 0 Å². The number of Topliss-reactive ketones (excluding diaryl/α,β-unsaturated/α-hetero) is 1. The van der Waals surface area contributed by atoms with E-state index in [1.54, 1.807) is 24.3 Å². The zero-order valence-corrected chi connectivity index (χ0v) is 16.3. The second kappa shape index (κ2) is 7.47. The van der Waals surface area contributed by atoms with E-state index in [9.17, 15) is 4.79 Å². The number of alkyl halides is 3. The first-order chi connectivity index (χ1) is 11.1. The predicted molar refractivity (Wildman–Crippen MR) is 104 cm³/mol. The van der Waals surface area contributed by atoms with Crippen LogP contribution in [0.2, 0.25) is 0 Å². The molecule has 0 aromatic heterocycles. The Hall–Kier alpha value is -1.02. The summed E-state index contributed by atoms with van der Waals surface area (Å²) in [4.78, 5) is 12.5. The minimum absolute atomic E-state index is 0.0757. The lowest BCUT2D eigenvalue weighted by Crippen LogP contribution is -2.27. The van der Waals surface area contributed by atoms with Crippen molar-refractivity contribution in [2.45, 2.75) is 42.3 Å². The van der Waals surface area contributed by atoms with Gasteiger partial charge in [0.1, 0.15) is 0 Å². The molecule has 0 N–H and O–H groups in total. The summed E-state index contributed by atoms with van der Waals surface area (Å²) in [5, 5.41) is -0.443. The molecule has 0 radical (unpaired) electrons. The highest BCUT2D eigenvalue weighted by Gasteiger charge is 2.37. The molecule has 0 aliphatic carbocycles. The van der Waals surface area contributed by atoms with Crippen LogP contribution in [0.3, 0.4) is 0 Å². The van der Waals surface area contributed by atoms with E-state index in [1.165, 1.54) is 5.56 Å². The Kier molecular flexibility index (Phi) is 6.01. The predicted octanol–water partition coefficient (Wildman–Crippen LogP) is 6.71. The van der Waals surface area contributed by atoms with Gasteiger partial charge in [0.05, 0.1) is 5.38 Å². The smallest absolute Gasteiger partial charge is 0.198 e. The number of ketones is 1. The van der Waals surface area contributed by atoms with Crippen molar-refractivity contribution in [2.75, 3.05) is 0 Å². The zero-order chi connectivity index (χ0) is 18.0. The van der Waals surface area contributed by atoms with Crippen LogP contribution < -0.4 is 0 Å². The summed E-state index contributed by atoms with van der Waals surface area (Å²) in [6, 6.07) is 16.8. The summed E-state index contributed by atoms with van der Waals surface area (Å²) in [5.41, 5.74) is 2.68. The third-order valence-corrected chi connectivity index (χ3v) is 5.00. The molecule has 1 atom stereocenters. The largest absolute Gasteiger partial charge is 0.291 e. The zero-order valence-electron chi connectivity index (χ0n) is 14.0. The second-order valence-electron chi connectivity index (χ2n) is 6.94. The van der Waals surface area contributed by atoms with Gasteiger partial charge in [-0.2, -0.15) is 0 Å². The van der Waals surface area contributed by atoms with E-state index in [0.29, 0.717) is 5.56 Å². The van der Waals surface area contributed by atoms with E-state index in [2.05, 4.69) is 20.8 Å². The van der Waals surface area contributed by atoms with Crippen LogP contribution in [0.1, 0.15) is 54.1 Å². The van der Waals surface area contributed by atoms with E-state index >= 15 is 0 Å². The number of hydrogen-bond acceptors (Lipinski definition) is 1. The molecule has 0 aliphatic rings. The minimum Gasteiger partial charge on any atom is -0.291 e. The number of hydrogen-bond donors (Lipinski definition) is 0. The third-order valence-electron chi connectivity index (χ3n) is 3.94. The summed E-state index contributed by atoms with van der Waals surface area (Å²) in [7, 11) is 0. The van der Waals surface area contributed by atoms with Crippen LogP contribution in [-0.4, -0.2) is 10.1 Å². The van der Waals surface area contributed by atoms with Gasteiger partial charge in [-0.05, 0) is 16.5 Å². The van der Waals surface area contributed by atoms with Crippen molar-refractivity contribution < 1.29 is 4.79 Å². The maximum Gasteiger partial charge on any atom is 0.198 e. The van der Waals surface area contributed by atoms with Gasteiger partial charge in [-0.1, -0.05) is 98.6 Å². The molecular weight excluding hydrogens is 363 g/mol. The molecule has 2 aromatic rings. The molecule has 4 heteroatoms. The van der Waals surface area contributed by atoms with E-state index in [4.69, 9.17) is 34.8 Å². The maximum atomic E-state index is 12.5. The first-order valence-corrected chi connectivity index (χ1v) is 9.03. The van der Waals surface area contributed by atoms with Gasteiger partial charge in [-0.3, -0.25) is 4.79 Å². The van der Waals surface area contributed by atoms with Gasteiger partial charge in [0, 0.05) is 12.0 Å². The lowest BCUT2D eigenvalue weighted by molar-refractivity contribution is 0.0968. The normalized spacial score (nSPS) is 13.6. The van der Waals surface area contributed by atoms with Crippen molar-refractivity contribution in [3.05, 3.63) is 71.3 Å². The summed E-state index contributed by atoms with van der Waals surface area (Å²) < 4.78 is -1.56. The molecule has 2 aromatic carbocycles. The number of rotatable bonds is 5. The molecule has 0 bridgehead atoms. The lowest BCUT2D eigenvalue weighted by Gasteiger charge is -2.23. The first-order valence-electron chi connectivity index (χ1n) is 7.83. The van der Waals surface area contributed by atoms with E-state index in [1.807, 2.05) is 30.3 Å². The van der Waals surface area contributed by atoms with Crippen LogP contribution in [-0.2, 0) is 5.41 Å². The molecule has 0 saturated carbocycles. The van der Waals surface area contributed by atoms with Crippen molar-refractivity contribution in [2.24, 2.45) is 0 Å². The van der Waals surface area contributed by atoms with Gasteiger partial charge in [0.2, 0.25) is 0 Å². The molecular formula is C20H21Cl3O. The fraction of sp³-hybridized carbons (Fsp3) is 0.350. The number of benzene rings is 2. The first kappa shape index (κ1) is 19.3. The number of carbonyl (C=O) groups excluding carboxylic acids is 1. The van der Waals surface area contributed by atoms with Gasteiger partial charge in [0.15, 0.2) is 10.1 Å². The van der Waals surface area contributed by atoms with Gasteiger partial charge < -0.3 is 0 Å². The Labute approximate surface area is 158 Å². The van der Waals surface area contributed by atoms with Crippen LogP contribution >= 0.6 is 34.8 Å². The summed E-state index contributed by atoms with van der Waals surface area (Å²) >= 11 is 19.1. The molecule has 0 fully saturated rings. The molecule has 24 heavy (non-hydrogen) atoms. The van der Waals surface area contributed by atoms with E-state index in [-0.39, 0.29) is 17.6 Å². The van der Waals surface area contributed by atoms with Gasteiger partial charge >= 0.3 is 0 Å². The Morgan fingerprint density at radius 1 is 0.958 bits per heavy atom. The molecule has 1 nitrogen and oxygen atoms in total. The Morgan fingerprint density at radius 2 is 1.50 bits per heavy atom. The average molecular weight is 384 g/mol. The highest BCUT2D eigenvalue weighted by molar-refractivity contribution is 6.60. The molecule has 2 rings (SSSR count). The molecule has 0 spiro atoms. The van der Waals surface area contributed by atoms with Gasteiger partial charge in [0.25, 0.3) is 0 Å². The fourth-order valence-corrected chi connectivity index (χ4v) is 3.49. The summed E-state index contributed by atoms with van der Waals surface area (Å²) in [6.45, 7) is 6.46. The molecule has 1 unspecified atom stereocenters. The monoisotopic (exact) mass is 382 g/mol. The van der Waals surface area contributed by atoms with E-state index < -0.39 is 9.71 Å². The quantitative estimate of drug-likeness (QED) is 0.414. The molecule has 0 aliphatic heterocycles. The summed E-state index contributed by atoms with van der Waals surface area (Å²) in [6.07, 6.45) is 0.139. The number of carbonyl (C=O) groups is 1. The lowest BCUT2D eigenvalue weighted by atomic mass is 9.86. The Bertz CT molecular complexity index is 685. The summed E-state index contributed by atoms with van der Waals surface area (Å²) in [5.74, 6) is -0.330. The highest BCUT2D eigenvalue weighted by atomic mass is 35.5. The van der Waals surface area contributed by atoms with Crippen molar-refractivity contribution in [3.8, 4) is 0 Å². The SMILES string of the molecule is CC(C)(C)c1ccc(C(Cl)CC(Cl)(Cl)C(=O)c2ccccc2)cc1. The van der Waals surface area contributed by atoms with Gasteiger partial charge in [-0.25, -0.2) is 0 Å². The van der Waals surface area contributed by atoms with Crippen molar-refractivity contribution in [1.29, 1.82) is 0 Å². The van der Waals surface area contributed by atoms with Crippen LogP contribution in [0.15, 0.2) is 54.6 Å². The van der Waals surface area contributed by atoms with E-state index in [0.717, 1.165) is 5.56 Å². The topological polar surface area (TPSA) is 17.1 Å². The standard InChI is InChI=1S/C20H21Cl3O/c1-19(2,3)16-11-9-14(10-12-16)17(21)13-20(22,23)18(24)15-7-5-4-6-8-15/h4-12,17H,13H2,1-3H3. The second-order valence-corrected chi connectivity index (χ2v) is 8.95. The number of halogens is 3. The molecule has 0 saturated heterocycles. The molecule has 128 valence electrons. The third kappa shape index (κ3) is 4.75. The van der Waals surface area contributed by atoms with Crippen LogP contribution in [0.25, 0.3) is 0 Å². The van der Waals surface area contributed by atoms with Crippen LogP contribution in [0.4, 0.5) is 0 Å².